The van der Waals surface area contributed by atoms with Gasteiger partial charge < -0.3 is 20.1 Å². The Balaban J connectivity index is 0.000000190. The fraction of sp³-hybridized carbons (Fsp3) is 0.500. The van der Waals surface area contributed by atoms with Crippen LogP contribution in [0.4, 0.5) is 48.3 Å². The summed E-state index contributed by atoms with van der Waals surface area (Å²) in [6.07, 6.45) is -12.9. The molecule has 15 heteroatoms. The first-order chi connectivity index (χ1) is 29.7. The van der Waals surface area contributed by atoms with Crippen LogP contribution < -0.4 is 10.6 Å². The van der Waals surface area contributed by atoms with E-state index >= 15 is 0 Å². The molecular weight excluding hydrogens is 846 g/mol. The number of hydrogen-bond donors (Lipinski definition) is 2. The van der Waals surface area contributed by atoms with Crippen molar-refractivity contribution in [3.8, 4) is 0 Å². The summed E-state index contributed by atoms with van der Waals surface area (Å²) in [7, 11) is 0. The number of nitrogens with one attached hydrogen (secondary N) is 2. The molecule has 10 atom stereocenters. The zero-order chi connectivity index (χ0) is 45.4. The molecular formula is C48H51F11N2O2. The van der Waals surface area contributed by atoms with Gasteiger partial charge in [-0.25, -0.2) is 8.78 Å². The van der Waals surface area contributed by atoms with Gasteiger partial charge in [0.2, 0.25) is 0 Å². The summed E-state index contributed by atoms with van der Waals surface area (Å²) in [4.78, 5) is 0. The summed E-state index contributed by atoms with van der Waals surface area (Å²) in [5.41, 5.74) is -0.559. The molecule has 4 aromatic rings. The molecule has 0 unspecified atom stereocenters. The van der Waals surface area contributed by atoms with E-state index in [0.29, 0.717) is 35.3 Å². The maximum Gasteiger partial charge on any atom is 0.416 e. The second-order valence-electron chi connectivity index (χ2n) is 17.6. The molecule has 8 rings (SSSR count). The van der Waals surface area contributed by atoms with Crippen molar-refractivity contribution < 1.29 is 57.8 Å². The second kappa shape index (κ2) is 18.8. The van der Waals surface area contributed by atoms with Gasteiger partial charge in [-0.2, -0.15) is 39.5 Å². The normalized spacial score (nSPS) is 27.2. The van der Waals surface area contributed by atoms with Crippen LogP contribution in [0.5, 0.6) is 0 Å². The van der Waals surface area contributed by atoms with Gasteiger partial charge in [0, 0.05) is 11.8 Å². The van der Waals surface area contributed by atoms with E-state index in [1.165, 1.54) is 37.3 Å². The van der Waals surface area contributed by atoms with Gasteiger partial charge in [0.05, 0.1) is 41.1 Å². The van der Waals surface area contributed by atoms with Crippen molar-refractivity contribution >= 4 is 0 Å². The molecule has 0 amide bonds. The third-order valence-electron chi connectivity index (χ3n) is 13.4. The predicted octanol–water partition coefficient (Wildman–Crippen LogP) is 12.7. The highest BCUT2D eigenvalue weighted by Crippen LogP contribution is 2.48. The van der Waals surface area contributed by atoms with Gasteiger partial charge in [0.15, 0.2) is 0 Å². The van der Waals surface area contributed by atoms with E-state index in [2.05, 4.69) is 10.6 Å². The SMILES string of the molecule is C[C@H](O[C@@H]1CC[C@@H]2CNC[C@@H]2[C@H]1c1ccc(F)cc1)c1cc(C(F)(F)F)cc(C(F)(F)F)c1.Cc1cc([C@H](C)O[C@H]2CC[C@H]3CNC[C@H]3[C@@H]2c2ccc(F)cc2)cc(C(F)(F)F)c1. The summed E-state index contributed by atoms with van der Waals surface area (Å²) < 4.78 is 159. The van der Waals surface area contributed by atoms with Crippen molar-refractivity contribution in [1.82, 2.24) is 10.6 Å². The fourth-order valence-corrected chi connectivity index (χ4v) is 10.4. The highest BCUT2D eigenvalue weighted by atomic mass is 19.4. The predicted molar refractivity (Wildman–Crippen MR) is 216 cm³/mol. The molecule has 2 N–H and O–H groups in total. The minimum atomic E-state index is -4.92. The molecule has 2 saturated carbocycles. The van der Waals surface area contributed by atoms with Crippen LogP contribution in [0.2, 0.25) is 0 Å². The Labute approximate surface area is 359 Å². The van der Waals surface area contributed by atoms with E-state index in [-0.39, 0.29) is 47.1 Å². The summed E-state index contributed by atoms with van der Waals surface area (Å²) in [5.74, 6) is 0.791. The standard InChI is InChI=1S/C24H24F7NO.C24H27F4NO/c1-13(16-8-17(23(26,27)28)10-18(9-16)24(29,30)31)33-21-7-4-15-11-32-12-20(15)22(21)14-2-5-19(25)6-3-14;1-14-9-18(11-19(10-14)24(26,27)28)15(2)30-22-8-5-17-12-29-13-21(17)23(22)16-3-6-20(25)7-4-16/h2-3,5-6,8-10,13,15,20-22,32H,4,7,11-12H2,1H3;3-4,6-7,9-11,15,17,21-23,29H,5,8,12-13H2,1-2H3/t13-,15+,20-,21+,22+;15-,17-,21+,22-,23-/m00/s1. The number of halogens is 11. The Hall–Kier alpha value is -4.05. The van der Waals surface area contributed by atoms with E-state index in [0.717, 1.165) is 74.8 Å². The van der Waals surface area contributed by atoms with Crippen molar-refractivity contribution in [3.63, 3.8) is 0 Å². The van der Waals surface area contributed by atoms with Crippen LogP contribution in [-0.2, 0) is 28.0 Å². The van der Waals surface area contributed by atoms with Gasteiger partial charge in [-0.1, -0.05) is 35.9 Å². The number of hydrogen-bond acceptors (Lipinski definition) is 4. The third kappa shape index (κ3) is 11.1. The molecule has 4 nitrogen and oxygen atoms in total. The molecule has 4 aliphatic rings. The van der Waals surface area contributed by atoms with Crippen LogP contribution in [0.3, 0.4) is 0 Å². The molecule has 2 aliphatic heterocycles. The Morgan fingerprint density at radius 1 is 0.492 bits per heavy atom. The van der Waals surface area contributed by atoms with Crippen molar-refractivity contribution in [1.29, 1.82) is 0 Å². The molecule has 0 bridgehead atoms. The van der Waals surface area contributed by atoms with Gasteiger partial charge in [0.1, 0.15) is 11.6 Å². The van der Waals surface area contributed by atoms with E-state index in [4.69, 9.17) is 9.47 Å². The number of ether oxygens (including phenoxy) is 2. The zero-order valence-electron chi connectivity index (χ0n) is 35.0. The summed E-state index contributed by atoms with van der Waals surface area (Å²) in [6, 6.07) is 18.3. The lowest BCUT2D eigenvalue weighted by Crippen LogP contribution is -2.38. The van der Waals surface area contributed by atoms with Gasteiger partial charge in [-0.3, -0.25) is 0 Å². The van der Waals surface area contributed by atoms with E-state index in [9.17, 15) is 48.3 Å². The smallest absolute Gasteiger partial charge is 0.370 e. The largest absolute Gasteiger partial charge is 0.416 e. The maximum atomic E-state index is 13.5. The Morgan fingerprint density at radius 3 is 1.24 bits per heavy atom. The van der Waals surface area contributed by atoms with E-state index < -0.39 is 53.5 Å². The van der Waals surface area contributed by atoms with Gasteiger partial charge in [-0.15, -0.1) is 0 Å². The average Bonchev–Trinajstić information content (AvgIpc) is 3.91. The third-order valence-corrected chi connectivity index (χ3v) is 13.4. The van der Waals surface area contributed by atoms with Crippen molar-refractivity contribution in [2.75, 3.05) is 26.2 Å². The maximum absolute atomic E-state index is 13.5. The molecule has 0 aromatic heterocycles. The second-order valence-corrected chi connectivity index (χ2v) is 17.6. The van der Waals surface area contributed by atoms with Gasteiger partial charge in [0.25, 0.3) is 0 Å². The Bertz CT molecular complexity index is 2120. The minimum absolute atomic E-state index is 0.0914. The lowest BCUT2D eigenvalue weighted by atomic mass is 9.69. The molecule has 2 heterocycles. The number of benzene rings is 4. The minimum Gasteiger partial charge on any atom is -0.370 e. The van der Waals surface area contributed by atoms with Gasteiger partial charge in [-0.05, 0) is 173 Å². The van der Waals surface area contributed by atoms with Crippen LogP contribution in [0.15, 0.2) is 84.9 Å². The molecule has 2 aliphatic carbocycles. The van der Waals surface area contributed by atoms with E-state index in [1.54, 1.807) is 25.1 Å². The molecule has 4 fully saturated rings. The quantitative estimate of drug-likeness (QED) is 0.173. The summed E-state index contributed by atoms with van der Waals surface area (Å²) in [5, 5.41) is 6.81. The molecule has 2 saturated heterocycles. The molecule has 0 spiro atoms. The fourth-order valence-electron chi connectivity index (χ4n) is 10.4. The summed E-state index contributed by atoms with van der Waals surface area (Å²) >= 11 is 0. The average molecular weight is 897 g/mol. The Morgan fingerprint density at radius 2 is 0.857 bits per heavy atom. The molecule has 4 aromatic carbocycles. The van der Waals surface area contributed by atoms with Crippen molar-refractivity contribution in [3.05, 3.63) is 141 Å². The zero-order valence-corrected chi connectivity index (χ0v) is 35.0. The first kappa shape index (κ1) is 46.9. The van der Waals surface area contributed by atoms with Crippen molar-refractivity contribution in [2.24, 2.45) is 23.7 Å². The lowest BCUT2D eigenvalue weighted by Gasteiger charge is -2.41. The monoisotopic (exact) mass is 896 g/mol. The van der Waals surface area contributed by atoms with Crippen LogP contribution in [0, 0.1) is 42.2 Å². The topological polar surface area (TPSA) is 42.5 Å². The van der Waals surface area contributed by atoms with Crippen LogP contribution in [0.25, 0.3) is 0 Å². The van der Waals surface area contributed by atoms with Crippen LogP contribution in [0.1, 0.15) is 108 Å². The van der Waals surface area contributed by atoms with Crippen LogP contribution in [-0.4, -0.2) is 38.4 Å². The molecule has 0 radical (unpaired) electrons. The highest BCUT2D eigenvalue weighted by molar-refractivity contribution is 5.36. The first-order valence-corrected chi connectivity index (χ1v) is 21.4. The lowest BCUT2D eigenvalue weighted by molar-refractivity contribution is -0.143. The highest BCUT2D eigenvalue weighted by Gasteiger charge is 2.46. The first-order valence-electron chi connectivity index (χ1n) is 21.4. The van der Waals surface area contributed by atoms with Gasteiger partial charge >= 0.3 is 18.5 Å². The molecule has 342 valence electrons. The van der Waals surface area contributed by atoms with E-state index in [1.807, 2.05) is 19.1 Å². The Kier molecular flexibility index (Phi) is 14.0. The number of alkyl halides is 9. The number of fused-ring (bicyclic) bond motifs is 2. The molecule has 63 heavy (non-hydrogen) atoms. The number of rotatable bonds is 8. The summed E-state index contributed by atoms with van der Waals surface area (Å²) in [6.45, 7) is 8.37. The van der Waals surface area contributed by atoms with Crippen molar-refractivity contribution in [2.45, 2.75) is 101 Å². The number of aryl methyl sites for hydroxylation is 1. The van der Waals surface area contributed by atoms with Crippen LogP contribution >= 0.6 is 0 Å².